The molecule has 0 bridgehead atoms. The zero-order chi connectivity index (χ0) is 7.23. The summed E-state index contributed by atoms with van der Waals surface area (Å²) in [6, 6.07) is 0. The van der Waals surface area contributed by atoms with Gasteiger partial charge in [-0.3, -0.25) is 0 Å². The van der Waals surface area contributed by atoms with E-state index in [9.17, 15) is 0 Å². The van der Waals surface area contributed by atoms with Crippen LogP contribution in [0.5, 0.6) is 0 Å². The van der Waals surface area contributed by atoms with Crippen molar-refractivity contribution in [3.05, 3.63) is 0 Å². The molecule has 0 unspecified atom stereocenters. The highest BCUT2D eigenvalue weighted by Crippen LogP contribution is 2.22. The molecule has 56 valence electrons. The maximum Gasteiger partial charge on any atom is 0.0835 e. The molecule has 0 aromatic carbocycles. The van der Waals surface area contributed by atoms with Crippen molar-refractivity contribution >= 4 is 11.6 Å². The van der Waals surface area contributed by atoms with Crippen LogP contribution in [0.3, 0.4) is 0 Å². The molecule has 1 aliphatic rings. The van der Waals surface area contributed by atoms with Gasteiger partial charge >= 0.3 is 0 Å². The Labute approximate surface area is 68.0 Å². The fraction of sp³-hybridized carbons (Fsp3) is 0.778. The van der Waals surface area contributed by atoms with Gasteiger partial charge in [-0.15, -0.1) is 11.6 Å². The van der Waals surface area contributed by atoms with Crippen LogP contribution in [0.25, 0.3) is 0 Å². The highest BCUT2D eigenvalue weighted by Gasteiger charge is 2.09. The average molecular weight is 157 g/mol. The van der Waals surface area contributed by atoms with Gasteiger partial charge in [0.25, 0.3) is 0 Å². The first-order valence-electron chi connectivity index (χ1n) is 3.98. The van der Waals surface area contributed by atoms with E-state index in [1.807, 2.05) is 0 Å². The van der Waals surface area contributed by atoms with E-state index >= 15 is 0 Å². The average Bonchev–Trinajstić information content (AvgIpc) is 2.03. The molecule has 1 fully saturated rings. The van der Waals surface area contributed by atoms with Crippen LogP contribution in [-0.4, -0.2) is 5.88 Å². The topological polar surface area (TPSA) is 0 Å². The quantitative estimate of drug-likeness (QED) is 0.374. The van der Waals surface area contributed by atoms with Crippen LogP contribution in [0.4, 0.5) is 0 Å². The molecule has 0 spiro atoms. The minimum Gasteiger partial charge on any atom is -0.113 e. The summed E-state index contributed by atoms with van der Waals surface area (Å²) in [5.74, 6) is 7.28. The molecule has 1 saturated carbocycles. The molecule has 0 atom stereocenters. The monoisotopic (exact) mass is 156 g/mol. The molecule has 0 aliphatic heterocycles. The summed E-state index contributed by atoms with van der Waals surface area (Å²) in [4.78, 5) is 0. The van der Waals surface area contributed by atoms with Crippen molar-refractivity contribution in [3.8, 4) is 11.8 Å². The van der Waals surface area contributed by atoms with Crippen LogP contribution in [0, 0.1) is 17.8 Å². The van der Waals surface area contributed by atoms with Crippen molar-refractivity contribution in [1.29, 1.82) is 0 Å². The lowest BCUT2D eigenvalue weighted by molar-refractivity contribution is 0.430. The third-order valence-electron chi connectivity index (χ3n) is 1.98. The van der Waals surface area contributed by atoms with E-state index in [1.54, 1.807) is 0 Å². The summed E-state index contributed by atoms with van der Waals surface area (Å²) >= 11 is 5.45. The summed E-state index contributed by atoms with van der Waals surface area (Å²) in [5.41, 5.74) is 0. The molecule has 1 aliphatic carbocycles. The highest BCUT2D eigenvalue weighted by atomic mass is 35.5. The molecule has 0 nitrogen and oxygen atoms in total. The third kappa shape index (κ3) is 2.62. The SMILES string of the molecule is ClCC#CC1CCCCC1. The molecule has 1 heteroatoms. The first-order chi connectivity index (χ1) is 4.93. The van der Waals surface area contributed by atoms with Crippen molar-refractivity contribution in [2.24, 2.45) is 5.92 Å². The fourth-order valence-electron chi connectivity index (χ4n) is 1.43. The fourth-order valence-corrected chi connectivity index (χ4v) is 1.51. The van der Waals surface area contributed by atoms with E-state index in [0.717, 1.165) is 0 Å². The standard InChI is InChI=1S/C9H13Cl/c10-8-4-7-9-5-2-1-3-6-9/h9H,1-3,5-6,8H2. The van der Waals surface area contributed by atoms with E-state index < -0.39 is 0 Å². The maximum atomic E-state index is 5.45. The Balaban J connectivity index is 2.25. The first-order valence-corrected chi connectivity index (χ1v) is 4.51. The van der Waals surface area contributed by atoms with Crippen molar-refractivity contribution in [3.63, 3.8) is 0 Å². The second kappa shape index (κ2) is 4.63. The van der Waals surface area contributed by atoms with E-state index in [1.165, 1.54) is 32.1 Å². The summed E-state index contributed by atoms with van der Waals surface area (Å²) in [6.45, 7) is 0. The van der Waals surface area contributed by atoms with Gasteiger partial charge in [0.05, 0.1) is 5.88 Å². The minimum atomic E-state index is 0.497. The molecule has 10 heavy (non-hydrogen) atoms. The van der Waals surface area contributed by atoms with Crippen molar-refractivity contribution in [2.75, 3.05) is 5.88 Å². The molecular formula is C9H13Cl. The molecule has 1 rings (SSSR count). The zero-order valence-electron chi connectivity index (χ0n) is 6.20. The van der Waals surface area contributed by atoms with Crippen molar-refractivity contribution in [1.82, 2.24) is 0 Å². The van der Waals surface area contributed by atoms with Gasteiger partial charge in [-0.25, -0.2) is 0 Å². The molecule has 0 heterocycles. The predicted octanol–water partition coefficient (Wildman–Crippen LogP) is 2.81. The van der Waals surface area contributed by atoms with Gasteiger partial charge in [0, 0.05) is 5.92 Å². The number of hydrogen-bond acceptors (Lipinski definition) is 0. The lowest BCUT2D eigenvalue weighted by Crippen LogP contribution is -2.02. The Hall–Kier alpha value is -0.150. The summed E-state index contributed by atoms with van der Waals surface area (Å²) in [7, 11) is 0. The van der Waals surface area contributed by atoms with E-state index in [0.29, 0.717) is 11.8 Å². The Morgan fingerprint density at radius 1 is 1.20 bits per heavy atom. The van der Waals surface area contributed by atoms with E-state index in [2.05, 4.69) is 11.8 Å². The Morgan fingerprint density at radius 3 is 2.50 bits per heavy atom. The molecule has 0 amide bonds. The van der Waals surface area contributed by atoms with Gasteiger partial charge in [-0.05, 0) is 12.8 Å². The van der Waals surface area contributed by atoms with Gasteiger partial charge in [0.1, 0.15) is 0 Å². The lowest BCUT2D eigenvalue weighted by Gasteiger charge is -2.15. The predicted molar refractivity (Wildman–Crippen MR) is 45.1 cm³/mol. The largest absolute Gasteiger partial charge is 0.113 e. The van der Waals surface area contributed by atoms with Gasteiger partial charge in [0.15, 0.2) is 0 Å². The summed E-state index contributed by atoms with van der Waals surface area (Å²) in [6.07, 6.45) is 6.72. The molecular weight excluding hydrogens is 144 g/mol. The van der Waals surface area contributed by atoms with Crippen LogP contribution in [0.1, 0.15) is 32.1 Å². The highest BCUT2D eigenvalue weighted by molar-refractivity contribution is 6.19. The number of rotatable bonds is 0. The smallest absolute Gasteiger partial charge is 0.0835 e. The Bertz CT molecular complexity index is 135. The normalized spacial score (nSPS) is 19.7. The van der Waals surface area contributed by atoms with Gasteiger partial charge in [-0.1, -0.05) is 31.1 Å². The summed E-state index contributed by atoms with van der Waals surface area (Å²) < 4.78 is 0. The molecule has 0 saturated heterocycles. The van der Waals surface area contributed by atoms with Crippen LogP contribution in [0.15, 0.2) is 0 Å². The van der Waals surface area contributed by atoms with E-state index in [-0.39, 0.29) is 0 Å². The Kier molecular flexibility index (Phi) is 3.68. The van der Waals surface area contributed by atoms with Crippen LogP contribution in [-0.2, 0) is 0 Å². The van der Waals surface area contributed by atoms with Gasteiger partial charge in [0.2, 0.25) is 0 Å². The van der Waals surface area contributed by atoms with Crippen LogP contribution < -0.4 is 0 Å². The second-order valence-corrected chi connectivity index (χ2v) is 3.06. The number of alkyl halides is 1. The third-order valence-corrected chi connectivity index (χ3v) is 2.11. The molecule has 0 N–H and O–H groups in total. The van der Waals surface area contributed by atoms with Gasteiger partial charge < -0.3 is 0 Å². The molecule has 0 aromatic heterocycles. The van der Waals surface area contributed by atoms with Crippen molar-refractivity contribution in [2.45, 2.75) is 32.1 Å². The van der Waals surface area contributed by atoms with E-state index in [4.69, 9.17) is 11.6 Å². The first kappa shape index (κ1) is 7.95. The lowest BCUT2D eigenvalue weighted by atomic mass is 9.90. The number of hydrogen-bond donors (Lipinski definition) is 0. The Morgan fingerprint density at radius 2 is 1.90 bits per heavy atom. The molecule has 0 aromatic rings. The van der Waals surface area contributed by atoms with Crippen LogP contribution in [0.2, 0.25) is 0 Å². The molecule has 0 radical (unpaired) electrons. The summed E-state index contributed by atoms with van der Waals surface area (Å²) in [5, 5.41) is 0. The van der Waals surface area contributed by atoms with Crippen LogP contribution >= 0.6 is 11.6 Å². The maximum absolute atomic E-state index is 5.45. The van der Waals surface area contributed by atoms with Crippen molar-refractivity contribution < 1.29 is 0 Å². The zero-order valence-corrected chi connectivity index (χ0v) is 6.95. The second-order valence-electron chi connectivity index (χ2n) is 2.79. The number of halogens is 1. The minimum absolute atomic E-state index is 0.497. The van der Waals surface area contributed by atoms with Gasteiger partial charge in [-0.2, -0.15) is 0 Å².